The third-order valence-electron chi connectivity index (χ3n) is 6.64. The molecular weight excluding hydrogens is 398 g/mol. The molecule has 1 saturated heterocycles. The molecule has 0 radical (unpaired) electrons. The van der Waals surface area contributed by atoms with Crippen LogP contribution in [0.15, 0.2) is 18.2 Å². The molecule has 1 N–H and O–H groups in total. The largest absolute Gasteiger partial charge is 0.497 e. The summed E-state index contributed by atoms with van der Waals surface area (Å²) in [6.07, 6.45) is 6.39. The third kappa shape index (κ3) is 4.34. The van der Waals surface area contributed by atoms with E-state index in [2.05, 4.69) is 5.32 Å². The second kappa shape index (κ2) is 8.77. The molecule has 3 aliphatic rings. The first-order valence-corrected chi connectivity index (χ1v) is 11.1. The summed E-state index contributed by atoms with van der Waals surface area (Å²) < 4.78 is 10.8. The fourth-order valence-corrected chi connectivity index (χ4v) is 4.72. The molecular formula is C23H31N3O5. The van der Waals surface area contributed by atoms with Crippen LogP contribution >= 0.6 is 0 Å². The summed E-state index contributed by atoms with van der Waals surface area (Å²) in [5.41, 5.74) is 0.126. The van der Waals surface area contributed by atoms with Crippen molar-refractivity contribution in [3.05, 3.63) is 23.8 Å². The van der Waals surface area contributed by atoms with Crippen LogP contribution in [0.1, 0.15) is 56.9 Å². The van der Waals surface area contributed by atoms with Gasteiger partial charge in [-0.2, -0.15) is 0 Å². The highest BCUT2D eigenvalue weighted by Gasteiger charge is 2.51. The fourth-order valence-electron chi connectivity index (χ4n) is 4.72. The van der Waals surface area contributed by atoms with Crippen LogP contribution in [0.25, 0.3) is 0 Å². The molecule has 1 aliphatic heterocycles. The smallest absolute Gasteiger partial charge is 0.325 e. The summed E-state index contributed by atoms with van der Waals surface area (Å²) in [7, 11) is 3.21. The van der Waals surface area contributed by atoms with Crippen LogP contribution in [0.5, 0.6) is 11.5 Å². The Morgan fingerprint density at radius 1 is 1.16 bits per heavy atom. The Hall–Kier alpha value is -2.77. The molecule has 2 aliphatic carbocycles. The van der Waals surface area contributed by atoms with Gasteiger partial charge in [0.1, 0.15) is 17.0 Å². The topological polar surface area (TPSA) is 88.2 Å². The van der Waals surface area contributed by atoms with Gasteiger partial charge in [0.25, 0.3) is 5.91 Å². The van der Waals surface area contributed by atoms with Crippen LogP contribution in [-0.2, 0) is 16.1 Å². The predicted octanol–water partition coefficient (Wildman–Crippen LogP) is 2.84. The minimum Gasteiger partial charge on any atom is -0.497 e. The molecule has 1 spiro atoms. The SMILES string of the molecule is COc1ccc(OC)c(CN(C(=O)CCN2C(=O)NC3(CCCCC3)C2=O)C2CC2)c1. The number of hydrogen-bond donors (Lipinski definition) is 1. The van der Waals surface area contributed by atoms with Gasteiger partial charge in [0, 0.05) is 31.1 Å². The zero-order valence-corrected chi connectivity index (χ0v) is 18.3. The van der Waals surface area contributed by atoms with Gasteiger partial charge >= 0.3 is 6.03 Å². The first-order chi connectivity index (χ1) is 15.0. The number of imide groups is 1. The zero-order chi connectivity index (χ0) is 22.0. The van der Waals surface area contributed by atoms with Crippen LogP contribution in [0.4, 0.5) is 4.79 Å². The van der Waals surface area contributed by atoms with E-state index in [9.17, 15) is 14.4 Å². The molecule has 8 heteroatoms. The Morgan fingerprint density at radius 2 is 1.90 bits per heavy atom. The van der Waals surface area contributed by atoms with Crippen molar-refractivity contribution in [2.45, 2.75) is 69.5 Å². The normalized spacial score (nSPS) is 20.0. The van der Waals surface area contributed by atoms with E-state index in [-0.39, 0.29) is 36.9 Å². The molecule has 1 heterocycles. The summed E-state index contributed by atoms with van der Waals surface area (Å²) in [6.45, 7) is 0.525. The maximum Gasteiger partial charge on any atom is 0.325 e. The van der Waals surface area contributed by atoms with E-state index in [1.54, 1.807) is 14.2 Å². The maximum absolute atomic E-state index is 13.1. The molecule has 2 saturated carbocycles. The molecule has 3 fully saturated rings. The zero-order valence-electron chi connectivity index (χ0n) is 18.3. The summed E-state index contributed by atoms with van der Waals surface area (Å²) in [6, 6.07) is 5.36. The Bertz CT molecular complexity index is 861. The van der Waals surface area contributed by atoms with Crippen molar-refractivity contribution >= 4 is 17.8 Å². The molecule has 168 valence electrons. The van der Waals surface area contributed by atoms with E-state index < -0.39 is 5.54 Å². The van der Waals surface area contributed by atoms with Gasteiger partial charge < -0.3 is 19.7 Å². The number of nitrogens with zero attached hydrogens (tertiary/aromatic N) is 2. The minimum atomic E-state index is -0.748. The van der Waals surface area contributed by atoms with Gasteiger partial charge in [-0.3, -0.25) is 14.5 Å². The number of rotatable bonds is 8. The van der Waals surface area contributed by atoms with Crippen molar-refractivity contribution in [1.29, 1.82) is 0 Å². The molecule has 0 bridgehead atoms. The van der Waals surface area contributed by atoms with E-state index in [4.69, 9.17) is 9.47 Å². The number of amides is 4. The molecule has 1 aromatic rings. The van der Waals surface area contributed by atoms with Crippen LogP contribution in [0.2, 0.25) is 0 Å². The van der Waals surface area contributed by atoms with Crippen molar-refractivity contribution in [2.24, 2.45) is 0 Å². The monoisotopic (exact) mass is 429 g/mol. The van der Waals surface area contributed by atoms with E-state index in [1.165, 1.54) is 4.90 Å². The number of ether oxygens (including phenoxy) is 2. The Labute approximate surface area is 182 Å². The second-order valence-corrected chi connectivity index (χ2v) is 8.71. The lowest BCUT2D eigenvalue weighted by Gasteiger charge is -2.30. The highest BCUT2D eigenvalue weighted by atomic mass is 16.5. The Kier molecular flexibility index (Phi) is 6.07. The first-order valence-electron chi connectivity index (χ1n) is 11.1. The number of hydrogen-bond acceptors (Lipinski definition) is 5. The van der Waals surface area contributed by atoms with Gasteiger partial charge in [-0.05, 0) is 43.9 Å². The van der Waals surface area contributed by atoms with Crippen molar-refractivity contribution in [3.63, 3.8) is 0 Å². The van der Waals surface area contributed by atoms with Gasteiger partial charge in [-0.25, -0.2) is 4.79 Å². The van der Waals surface area contributed by atoms with Gasteiger partial charge in [0.05, 0.1) is 14.2 Å². The highest BCUT2D eigenvalue weighted by Crippen LogP contribution is 2.35. The Balaban J connectivity index is 1.42. The Morgan fingerprint density at radius 3 is 2.55 bits per heavy atom. The quantitative estimate of drug-likeness (QED) is 0.642. The summed E-state index contributed by atoms with van der Waals surface area (Å²) in [5, 5.41) is 2.91. The average molecular weight is 430 g/mol. The van der Waals surface area contributed by atoms with Crippen molar-refractivity contribution in [3.8, 4) is 11.5 Å². The standard InChI is InChI=1S/C23H31N3O5/c1-30-18-8-9-19(31-2)16(14-18)15-26(17-6-7-17)20(27)10-13-25-21(28)23(24-22(25)29)11-4-3-5-12-23/h8-9,14,17H,3-7,10-13,15H2,1-2H3,(H,24,29). The summed E-state index contributed by atoms with van der Waals surface area (Å²) >= 11 is 0. The highest BCUT2D eigenvalue weighted by molar-refractivity contribution is 6.07. The molecule has 0 aromatic heterocycles. The number of carbonyl (C=O) groups excluding carboxylic acids is 3. The van der Waals surface area contributed by atoms with Crippen molar-refractivity contribution in [1.82, 2.24) is 15.1 Å². The number of urea groups is 1. The lowest BCUT2D eigenvalue weighted by atomic mass is 9.82. The number of nitrogens with one attached hydrogen (secondary N) is 1. The summed E-state index contributed by atoms with van der Waals surface area (Å²) in [5.74, 6) is 1.18. The third-order valence-corrected chi connectivity index (χ3v) is 6.64. The number of carbonyl (C=O) groups is 3. The van der Waals surface area contributed by atoms with Crippen molar-refractivity contribution in [2.75, 3.05) is 20.8 Å². The molecule has 8 nitrogen and oxygen atoms in total. The van der Waals surface area contributed by atoms with E-state index in [1.807, 2.05) is 23.1 Å². The number of benzene rings is 1. The van der Waals surface area contributed by atoms with E-state index >= 15 is 0 Å². The van der Waals surface area contributed by atoms with Crippen LogP contribution < -0.4 is 14.8 Å². The molecule has 31 heavy (non-hydrogen) atoms. The minimum absolute atomic E-state index is 0.0578. The number of methoxy groups -OCH3 is 2. The van der Waals surface area contributed by atoms with Crippen molar-refractivity contribution < 1.29 is 23.9 Å². The summed E-state index contributed by atoms with van der Waals surface area (Å²) in [4.78, 5) is 41.6. The molecule has 4 rings (SSSR count). The van der Waals surface area contributed by atoms with Gasteiger partial charge in [-0.1, -0.05) is 19.3 Å². The lowest BCUT2D eigenvalue weighted by molar-refractivity contribution is -0.135. The predicted molar refractivity (Wildman–Crippen MR) is 114 cm³/mol. The van der Waals surface area contributed by atoms with E-state index in [0.29, 0.717) is 30.9 Å². The molecule has 1 aromatic carbocycles. The van der Waals surface area contributed by atoms with Crippen LogP contribution in [-0.4, -0.2) is 60.0 Å². The molecule has 4 amide bonds. The molecule has 0 atom stereocenters. The lowest BCUT2D eigenvalue weighted by Crippen LogP contribution is -2.48. The fraction of sp³-hybridized carbons (Fsp3) is 0.609. The van der Waals surface area contributed by atoms with Gasteiger partial charge in [0.2, 0.25) is 5.91 Å². The van der Waals surface area contributed by atoms with Gasteiger partial charge in [0.15, 0.2) is 0 Å². The first kappa shape index (κ1) is 21.5. The average Bonchev–Trinajstić information content (AvgIpc) is 3.59. The van der Waals surface area contributed by atoms with Gasteiger partial charge in [-0.15, -0.1) is 0 Å². The van der Waals surface area contributed by atoms with Crippen LogP contribution in [0, 0.1) is 0 Å². The molecule has 0 unspecified atom stereocenters. The van der Waals surface area contributed by atoms with Crippen LogP contribution in [0.3, 0.4) is 0 Å². The second-order valence-electron chi connectivity index (χ2n) is 8.71. The maximum atomic E-state index is 13.1. The van der Waals surface area contributed by atoms with E-state index in [0.717, 1.165) is 37.7 Å².